The number of hydrogen-bond donors (Lipinski definition) is 1. The van der Waals surface area contributed by atoms with Crippen LogP contribution in [0.15, 0.2) is 54.6 Å². The molecule has 2 aromatic rings. The van der Waals surface area contributed by atoms with Crippen LogP contribution in [0.4, 0.5) is 5.69 Å². The molecule has 2 heterocycles. The second-order valence-electron chi connectivity index (χ2n) is 7.49. The number of carbonyl (C=O) groups excluding carboxylic acids is 2. The van der Waals surface area contributed by atoms with Crippen LogP contribution >= 0.6 is 23.5 Å². The van der Waals surface area contributed by atoms with Gasteiger partial charge in [-0.15, -0.1) is 23.5 Å². The molecule has 2 aliphatic heterocycles. The molecule has 29 heavy (non-hydrogen) atoms. The Morgan fingerprint density at radius 2 is 1.66 bits per heavy atom. The molecular weight excluding hydrogens is 400 g/mol. The number of nitrogens with zero attached hydrogens (tertiary/aromatic N) is 1. The van der Waals surface area contributed by atoms with Crippen LogP contribution in [-0.4, -0.2) is 41.3 Å². The highest BCUT2D eigenvalue weighted by Crippen LogP contribution is 2.43. The number of rotatable bonds is 4. The molecule has 0 bridgehead atoms. The number of para-hydroxylation sites is 1. The summed E-state index contributed by atoms with van der Waals surface area (Å²) in [6.45, 7) is 1.19. The van der Waals surface area contributed by atoms with Gasteiger partial charge in [0.1, 0.15) is 0 Å². The van der Waals surface area contributed by atoms with E-state index in [4.69, 9.17) is 0 Å². The quantitative estimate of drug-likeness (QED) is 0.744. The number of hydrogen-bond acceptors (Lipinski definition) is 4. The highest BCUT2D eigenvalue weighted by molar-refractivity contribution is 8.16. The SMILES string of the molecule is O=C(Nc1ccccc1)[C@H]1CCCN(C(=O)c2ccc(C3SCCCS3)cc2)C1. The molecule has 0 aromatic heterocycles. The zero-order valence-corrected chi connectivity index (χ0v) is 18.0. The van der Waals surface area contributed by atoms with Gasteiger partial charge in [-0.05, 0) is 60.6 Å². The van der Waals surface area contributed by atoms with Crippen LogP contribution in [0, 0.1) is 5.92 Å². The molecular formula is C23H26N2O2S2. The van der Waals surface area contributed by atoms with Gasteiger partial charge >= 0.3 is 0 Å². The van der Waals surface area contributed by atoms with E-state index >= 15 is 0 Å². The van der Waals surface area contributed by atoms with Gasteiger partial charge in [-0.1, -0.05) is 30.3 Å². The molecule has 2 amide bonds. The van der Waals surface area contributed by atoms with Gasteiger partial charge in [-0.2, -0.15) is 0 Å². The second-order valence-corrected chi connectivity index (χ2v) is 10.2. The van der Waals surface area contributed by atoms with E-state index in [-0.39, 0.29) is 17.7 Å². The summed E-state index contributed by atoms with van der Waals surface area (Å²) in [5.74, 6) is 2.27. The van der Waals surface area contributed by atoms with Crippen molar-refractivity contribution in [1.82, 2.24) is 4.90 Å². The summed E-state index contributed by atoms with van der Waals surface area (Å²) >= 11 is 3.97. The molecule has 4 nitrogen and oxygen atoms in total. The lowest BCUT2D eigenvalue weighted by Gasteiger charge is -2.32. The lowest BCUT2D eigenvalue weighted by molar-refractivity contribution is -0.121. The van der Waals surface area contributed by atoms with Crippen LogP contribution in [0.3, 0.4) is 0 Å². The smallest absolute Gasteiger partial charge is 0.253 e. The Kier molecular flexibility index (Phi) is 6.82. The van der Waals surface area contributed by atoms with Crippen LogP contribution in [0.2, 0.25) is 0 Å². The molecule has 2 aromatic carbocycles. The van der Waals surface area contributed by atoms with E-state index in [0.717, 1.165) is 18.5 Å². The van der Waals surface area contributed by atoms with E-state index in [0.29, 0.717) is 23.2 Å². The molecule has 1 atom stereocenters. The third kappa shape index (κ3) is 5.17. The molecule has 4 rings (SSSR count). The summed E-state index contributed by atoms with van der Waals surface area (Å²) in [6.07, 6.45) is 2.94. The van der Waals surface area contributed by atoms with Crippen molar-refractivity contribution in [3.8, 4) is 0 Å². The van der Waals surface area contributed by atoms with Crippen LogP contribution in [0.5, 0.6) is 0 Å². The van der Waals surface area contributed by atoms with E-state index in [1.54, 1.807) is 0 Å². The maximum Gasteiger partial charge on any atom is 0.253 e. The first-order valence-electron chi connectivity index (χ1n) is 10.2. The number of anilines is 1. The van der Waals surface area contributed by atoms with E-state index in [9.17, 15) is 9.59 Å². The maximum absolute atomic E-state index is 13.0. The third-order valence-electron chi connectivity index (χ3n) is 5.38. The van der Waals surface area contributed by atoms with E-state index in [1.165, 1.54) is 23.5 Å². The number of likely N-dealkylation sites (tertiary alicyclic amines) is 1. The molecule has 1 N–H and O–H groups in total. The summed E-state index contributed by atoms with van der Waals surface area (Å²) in [5, 5.41) is 2.97. The summed E-state index contributed by atoms with van der Waals surface area (Å²) < 4.78 is 0.481. The maximum atomic E-state index is 13.0. The van der Waals surface area contributed by atoms with Crippen molar-refractivity contribution >= 4 is 41.0 Å². The number of nitrogens with one attached hydrogen (secondary N) is 1. The molecule has 0 aliphatic carbocycles. The van der Waals surface area contributed by atoms with Crippen molar-refractivity contribution in [2.24, 2.45) is 5.92 Å². The van der Waals surface area contributed by atoms with Crippen molar-refractivity contribution in [1.29, 1.82) is 0 Å². The van der Waals surface area contributed by atoms with Crippen molar-refractivity contribution in [3.05, 3.63) is 65.7 Å². The predicted octanol–water partition coefficient (Wildman–Crippen LogP) is 5.05. The highest BCUT2D eigenvalue weighted by atomic mass is 32.2. The lowest BCUT2D eigenvalue weighted by atomic mass is 9.96. The normalized spacial score (nSPS) is 20.3. The molecule has 0 radical (unpaired) electrons. The van der Waals surface area contributed by atoms with Gasteiger partial charge in [-0.3, -0.25) is 9.59 Å². The van der Waals surface area contributed by atoms with Gasteiger partial charge < -0.3 is 10.2 Å². The Balaban J connectivity index is 1.37. The Bertz CT molecular complexity index is 836. The van der Waals surface area contributed by atoms with Crippen molar-refractivity contribution in [2.45, 2.75) is 23.8 Å². The molecule has 2 aliphatic rings. The summed E-state index contributed by atoms with van der Waals surface area (Å²) in [4.78, 5) is 27.5. The lowest BCUT2D eigenvalue weighted by Crippen LogP contribution is -2.43. The monoisotopic (exact) mass is 426 g/mol. The topological polar surface area (TPSA) is 49.4 Å². The molecule has 0 spiro atoms. The Labute approximate surface area is 180 Å². The first-order chi connectivity index (χ1) is 14.2. The first kappa shape index (κ1) is 20.4. The minimum atomic E-state index is -0.165. The van der Waals surface area contributed by atoms with Gasteiger partial charge in [0.25, 0.3) is 5.91 Å². The fourth-order valence-electron chi connectivity index (χ4n) is 3.79. The van der Waals surface area contributed by atoms with Crippen molar-refractivity contribution in [2.75, 3.05) is 29.9 Å². The molecule has 6 heteroatoms. The third-order valence-corrected chi connectivity index (χ3v) is 8.39. The average molecular weight is 427 g/mol. The van der Waals surface area contributed by atoms with Gasteiger partial charge in [0.05, 0.1) is 10.5 Å². The fraction of sp³-hybridized carbons (Fsp3) is 0.391. The van der Waals surface area contributed by atoms with Gasteiger partial charge in [-0.25, -0.2) is 0 Å². The zero-order chi connectivity index (χ0) is 20.1. The summed E-state index contributed by atoms with van der Waals surface area (Å²) in [7, 11) is 0. The van der Waals surface area contributed by atoms with Crippen LogP contribution in [0.1, 0.15) is 39.8 Å². The summed E-state index contributed by atoms with van der Waals surface area (Å²) in [5.41, 5.74) is 2.80. The average Bonchev–Trinajstić information content (AvgIpc) is 2.80. The minimum Gasteiger partial charge on any atom is -0.338 e. The molecule has 0 saturated carbocycles. The van der Waals surface area contributed by atoms with Gasteiger partial charge in [0, 0.05) is 24.3 Å². The molecule has 152 valence electrons. The van der Waals surface area contributed by atoms with E-state index in [1.807, 2.05) is 70.9 Å². The van der Waals surface area contributed by atoms with Crippen LogP contribution < -0.4 is 5.32 Å². The molecule has 2 fully saturated rings. The largest absolute Gasteiger partial charge is 0.338 e. The zero-order valence-electron chi connectivity index (χ0n) is 16.4. The standard InChI is InChI=1S/C23H26N2O2S2/c26-21(24-20-7-2-1-3-8-20)19-6-4-13-25(16-19)22(27)17-9-11-18(12-10-17)23-28-14-5-15-29-23/h1-3,7-12,19,23H,4-6,13-16H2,(H,24,26)/t19-/m0/s1. The second kappa shape index (κ2) is 9.72. The van der Waals surface area contributed by atoms with E-state index in [2.05, 4.69) is 17.4 Å². The number of thioether (sulfide) groups is 2. The van der Waals surface area contributed by atoms with Crippen LogP contribution in [0.25, 0.3) is 0 Å². The van der Waals surface area contributed by atoms with Crippen molar-refractivity contribution < 1.29 is 9.59 Å². The molecule has 0 unspecified atom stereocenters. The first-order valence-corrected chi connectivity index (χ1v) is 12.3. The van der Waals surface area contributed by atoms with E-state index < -0.39 is 0 Å². The number of amides is 2. The number of carbonyl (C=O) groups is 2. The Morgan fingerprint density at radius 3 is 2.38 bits per heavy atom. The van der Waals surface area contributed by atoms with Crippen LogP contribution in [-0.2, 0) is 4.79 Å². The Morgan fingerprint density at radius 1 is 0.931 bits per heavy atom. The minimum absolute atomic E-state index is 0.00426. The van der Waals surface area contributed by atoms with Gasteiger partial charge in [0.15, 0.2) is 0 Å². The van der Waals surface area contributed by atoms with Crippen molar-refractivity contribution in [3.63, 3.8) is 0 Å². The highest BCUT2D eigenvalue weighted by Gasteiger charge is 2.29. The molecule has 2 saturated heterocycles. The predicted molar refractivity (Wildman–Crippen MR) is 122 cm³/mol. The Hall–Kier alpha value is -1.92. The summed E-state index contributed by atoms with van der Waals surface area (Å²) in [6, 6.07) is 17.6. The fourth-order valence-corrected chi connectivity index (χ4v) is 6.68. The number of piperidine rings is 1. The van der Waals surface area contributed by atoms with Gasteiger partial charge in [0.2, 0.25) is 5.91 Å². The number of benzene rings is 2.